The maximum atomic E-state index is 13.7. The summed E-state index contributed by atoms with van der Waals surface area (Å²) in [5.41, 5.74) is 3.53. The van der Waals surface area contributed by atoms with Gasteiger partial charge >= 0.3 is 0 Å². The molecule has 0 radical (unpaired) electrons. The van der Waals surface area contributed by atoms with Crippen LogP contribution in [0.4, 0.5) is 4.39 Å². The number of hydrogen-bond acceptors (Lipinski definition) is 2. The van der Waals surface area contributed by atoms with E-state index in [0.29, 0.717) is 11.3 Å². The highest BCUT2D eigenvalue weighted by Gasteiger charge is 2.09. The first-order valence-corrected chi connectivity index (χ1v) is 6.89. The van der Waals surface area contributed by atoms with Crippen LogP contribution in [0.15, 0.2) is 53.9 Å². The highest BCUT2D eigenvalue weighted by molar-refractivity contribution is 7.13. The van der Waals surface area contributed by atoms with E-state index in [0.717, 1.165) is 10.6 Å². The number of hydrogen-bond donors (Lipinski definition) is 0. The molecule has 0 bridgehead atoms. The minimum absolute atomic E-state index is 0.233. The van der Waals surface area contributed by atoms with Gasteiger partial charge in [-0.1, -0.05) is 42.0 Å². The predicted molar refractivity (Wildman–Crippen MR) is 77.7 cm³/mol. The minimum Gasteiger partial charge on any atom is -0.236 e. The molecule has 0 fully saturated rings. The van der Waals surface area contributed by atoms with Crippen molar-refractivity contribution in [1.82, 2.24) is 4.98 Å². The molecule has 0 aliphatic carbocycles. The summed E-state index contributed by atoms with van der Waals surface area (Å²) in [6, 6.07) is 14.9. The van der Waals surface area contributed by atoms with Gasteiger partial charge in [-0.3, -0.25) is 0 Å². The molecule has 94 valence electrons. The van der Waals surface area contributed by atoms with Crippen molar-refractivity contribution >= 4 is 11.3 Å². The molecule has 1 heterocycles. The lowest BCUT2D eigenvalue weighted by Gasteiger charge is -1.99. The monoisotopic (exact) mass is 269 g/mol. The van der Waals surface area contributed by atoms with Crippen LogP contribution in [0.5, 0.6) is 0 Å². The fourth-order valence-corrected chi connectivity index (χ4v) is 2.72. The number of thiazole rings is 1. The third-order valence-corrected chi connectivity index (χ3v) is 3.84. The Morgan fingerprint density at radius 1 is 1.00 bits per heavy atom. The summed E-state index contributed by atoms with van der Waals surface area (Å²) in [4.78, 5) is 4.52. The number of aromatic nitrogens is 1. The van der Waals surface area contributed by atoms with E-state index in [9.17, 15) is 4.39 Å². The quantitative estimate of drug-likeness (QED) is 0.643. The normalized spacial score (nSPS) is 10.6. The van der Waals surface area contributed by atoms with Gasteiger partial charge in [-0.05, 0) is 19.1 Å². The van der Waals surface area contributed by atoms with Crippen molar-refractivity contribution in [1.29, 1.82) is 0 Å². The van der Waals surface area contributed by atoms with Crippen LogP contribution in [0.1, 0.15) is 5.56 Å². The lowest BCUT2D eigenvalue weighted by atomic mass is 10.1. The number of halogens is 1. The average Bonchev–Trinajstić information content (AvgIpc) is 2.89. The molecule has 3 rings (SSSR count). The molecule has 0 amide bonds. The Morgan fingerprint density at radius 3 is 2.47 bits per heavy atom. The zero-order chi connectivity index (χ0) is 13.2. The molecule has 0 aliphatic heterocycles. The average molecular weight is 269 g/mol. The first-order chi connectivity index (χ1) is 9.24. The molecule has 3 heteroatoms. The molecular formula is C16H12FNS. The van der Waals surface area contributed by atoms with Crippen LogP contribution in [-0.4, -0.2) is 4.98 Å². The summed E-state index contributed by atoms with van der Waals surface area (Å²) in [6.45, 7) is 2.05. The molecule has 0 N–H and O–H groups in total. The maximum Gasteiger partial charge on any atom is 0.132 e. The van der Waals surface area contributed by atoms with Crippen molar-refractivity contribution in [3.05, 3.63) is 65.3 Å². The Morgan fingerprint density at radius 2 is 1.74 bits per heavy atom. The van der Waals surface area contributed by atoms with Gasteiger partial charge < -0.3 is 0 Å². The summed E-state index contributed by atoms with van der Waals surface area (Å²) in [6.07, 6.45) is 0. The lowest BCUT2D eigenvalue weighted by molar-refractivity contribution is 0.631. The van der Waals surface area contributed by atoms with E-state index < -0.39 is 0 Å². The molecule has 1 aromatic heterocycles. The topological polar surface area (TPSA) is 12.9 Å². The van der Waals surface area contributed by atoms with Crippen molar-refractivity contribution in [3.63, 3.8) is 0 Å². The number of benzene rings is 2. The summed E-state index contributed by atoms with van der Waals surface area (Å²) >= 11 is 1.53. The Balaban J connectivity index is 2.00. The molecule has 0 saturated carbocycles. The smallest absolute Gasteiger partial charge is 0.132 e. The molecule has 3 aromatic rings. The van der Waals surface area contributed by atoms with Crippen molar-refractivity contribution in [2.45, 2.75) is 6.92 Å². The van der Waals surface area contributed by atoms with E-state index in [-0.39, 0.29) is 5.82 Å². The van der Waals surface area contributed by atoms with Gasteiger partial charge in [0.25, 0.3) is 0 Å². The SMILES string of the molecule is Cc1ccc(-c2nc(-c3ccccc3F)cs2)cc1. The second kappa shape index (κ2) is 4.94. The number of nitrogens with zero attached hydrogens (tertiary/aromatic N) is 1. The van der Waals surface area contributed by atoms with Gasteiger partial charge in [-0.25, -0.2) is 9.37 Å². The zero-order valence-electron chi connectivity index (χ0n) is 10.4. The van der Waals surface area contributed by atoms with Crippen LogP contribution < -0.4 is 0 Å². The molecular weight excluding hydrogens is 257 g/mol. The van der Waals surface area contributed by atoms with Crippen LogP contribution in [0, 0.1) is 12.7 Å². The van der Waals surface area contributed by atoms with Crippen LogP contribution in [0.25, 0.3) is 21.8 Å². The van der Waals surface area contributed by atoms with E-state index in [2.05, 4.69) is 24.0 Å². The van der Waals surface area contributed by atoms with Crippen LogP contribution >= 0.6 is 11.3 Å². The summed E-state index contributed by atoms with van der Waals surface area (Å²) in [5, 5.41) is 2.81. The summed E-state index contributed by atoms with van der Waals surface area (Å²) in [7, 11) is 0. The van der Waals surface area contributed by atoms with Gasteiger partial charge in [0.1, 0.15) is 10.8 Å². The lowest BCUT2D eigenvalue weighted by Crippen LogP contribution is -1.84. The Labute approximate surface area is 115 Å². The maximum absolute atomic E-state index is 13.7. The first kappa shape index (κ1) is 12.1. The second-order valence-corrected chi connectivity index (χ2v) is 5.24. The minimum atomic E-state index is -0.233. The molecule has 0 unspecified atom stereocenters. The van der Waals surface area contributed by atoms with E-state index in [1.54, 1.807) is 12.1 Å². The van der Waals surface area contributed by atoms with Crippen LogP contribution in [-0.2, 0) is 0 Å². The molecule has 0 aliphatic rings. The molecule has 0 saturated heterocycles. The second-order valence-electron chi connectivity index (χ2n) is 4.38. The van der Waals surface area contributed by atoms with Gasteiger partial charge in [0.15, 0.2) is 0 Å². The number of rotatable bonds is 2. The fourth-order valence-electron chi connectivity index (χ4n) is 1.90. The summed E-state index contributed by atoms with van der Waals surface area (Å²) in [5.74, 6) is -0.233. The van der Waals surface area contributed by atoms with Crippen LogP contribution in [0.2, 0.25) is 0 Å². The van der Waals surface area contributed by atoms with Gasteiger partial charge in [0.05, 0.1) is 5.69 Å². The largest absolute Gasteiger partial charge is 0.236 e. The standard InChI is InChI=1S/C16H12FNS/c1-11-6-8-12(9-7-11)16-18-15(10-19-16)13-4-2-3-5-14(13)17/h2-10H,1H3. The van der Waals surface area contributed by atoms with Crippen molar-refractivity contribution in [2.75, 3.05) is 0 Å². The fraction of sp³-hybridized carbons (Fsp3) is 0.0625. The van der Waals surface area contributed by atoms with Crippen molar-refractivity contribution < 1.29 is 4.39 Å². The Hall–Kier alpha value is -2.00. The van der Waals surface area contributed by atoms with Crippen LogP contribution in [0.3, 0.4) is 0 Å². The van der Waals surface area contributed by atoms with Gasteiger partial charge in [-0.15, -0.1) is 11.3 Å². The predicted octanol–water partition coefficient (Wildman–Crippen LogP) is 4.92. The van der Waals surface area contributed by atoms with Gasteiger partial charge in [0, 0.05) is 16.5 Å². The van der Waals surface area contributed by atoms with E-state index in [1.165, 1.54) is 23.0 Å². The van der Waals surface area contributed by atoms with Gasteiger partial charge in [0.2, 0.25) is 0 Å². The van der Waals surface area contributed by atoms with Gasteiger partial charge in [-0.2, -0.15) is 0 Å². The van der Waals surface area contributed by atoms with E-state index in [4.69, 9.17) is 0 Å². The van der Waals surface area contributed by atoms with Crippen molar-refractivity contribution in [2.24, 2.45) is 0 Å². The first-order valence-electron chi connectivity index (χ1n) is 6.01. The Kier molecular flexibility index (Phi) is 3.13. The van der Waals surface area contributed by atoms with Crippen molar-refractivity contribution in [3.8, 4) is 21.8 Å². The molecule has 19 heavy (non-hydrogen) atoms. The third-order valence-electron chi connectivity index (χ3n) is 2.95. The molecule has 0 atom stereocenters. The highest BCUT2D eigenvalue weighted by atomic mass is 32.1. The number of aryl methyl sites for hydroxylation is 1. The Bertz CT molecular complexity index is 701. The van der Waals surface area contributed by atoms with E-state index in [1.807, 2.05) is 23.6 Å². The molecule has 0 spiro atoms. The van der Waals surface area contributed by atoms with E-state index >= 15 is 0 Å². The molecule has 2 aromatic carbocycles. The third kappa shape index (κ3) is 2.42. The zero-order valence-corrected chi connectivity index (χ0v) is 11.2. The molecule has 1 nitrogen and oxygen atoms in total. The summed E-state index contributed by atoms with van der Waals surface area (Å²) < 4.78 is 13.7. The highest BCUT2D eigenvalue weighted by Crippen LogP contribution is 2.30.